The quantitative estimate of drug-likeness (QED) is 0.365. The fraction of sp³-hybridized carbons (Fsp3) is 0.667. The van der Waals surface area contributed by atoms with E-state index in [-0.39, 0.29) is 6.10 Å². The molecular weight excluding hydrogens is 342 g/mol. The third-order valence-corrected chi connectivity index (χ3v) is 4.82. The van der Waals surface area contributed by atoms with Crippen molar-refractivity contribution >= 4 is 5.96 Å². The van der Waals surface area contributed by atoms with E-state index in [0.717, 1.165) is 51.6 Å². The van der Waals surface area contributed by atoms with Crippen molar-refractivity contribution in [3.8, 4) is 0 Å². The molecule has 0 bridgehead atoms. The van der Waals surface area contributed by atoms with E-state index >= 15 is 0 Å². The first-order chi connectivity index (χ1) is 13.2. The molecule has 1 aliphatic rings. The molecule has 0 amide bonds. The molecule has 0 radical (unpaired) electrons. The van der Waals surface area contributed by atoms with Crippen molar-refractivity contribution in [2.24, 2.45) is 10.9 Å². The van der Waals surface area contributed by atoms with Crippen LogP contribution in [0, 0.1) is 5.92 Å². The summed E-state index contributed by atoms with van der Waals surface area (Å²) in [5.41, 5.74) is 1.22. The van der Waals surface area contributed by atoms with Crippen LogP contribution in [0.2, 0.25) is 0 Å². The predicted molar refractivity (Wildman–Crippen MR) is 109 cm³/mol. The Morgan fingerprint density at radius 3 is 2.81 bits per heavy atom. The maximum atomic E-state index is 5.93. The molecule has 2 unspecified atom stereocenters. The summed E-state index contributed by atoms with van der Waals surface area (Å²) in [5.74, 6) is 1.54. The van der Waals surface area contributed by atoms with Crippen LogP contribution < -0.4 is 5.32 Å². The van der Waals surface area contributed by atoms with Gasteiger partial charge >= 0.3 is 0 Å². The molecule has 1 aromatic rings. The average molecular weight is 378 g/mol. The summed E-state index contributed by atoms with van der Waals surface area (Å²) in [7, 11) is 3.54. The minimum Gasteiger partial charge on any atom is -0.382 e. The number of nitrogens with zero attached hydrogens (tertiary/aromatic N) is 2. The van der Waals surface area contributed by atoms with Gasteiger partial charge in [0.05, 0.1) is 25.9 Å². The maximum absolute atomic E-state index is 5.93. The van der Waals surface area contributed by atoms with Crippen molar-refractivity contribution in [2.45, 2.75) is 25.9 Å². The largest absolute Gasteiger partial charge is 0.382 e. The number of hydrogen-bond acceptors (Lipinski definition) is 4. The molecule has 1 aromatic carbocycles. The lowest BCUT2D eigenvalue weighted by atomic mass is 10.1. The van der Waals surface area contributed by atoms with Gasteiger partial charge < -0.3 is 24.4 Å². The second kappa shape index (κ2) is 12.7. The van der Waals surface area contributed by atoms with Crippen LogP contribution in [0.15, 0.2) is 35.3 Å². The van der Waals surface area contributed by atoms with Crippen molar-refractivity contribution in [3.05, 3.63) is 35.9 Å². The van der Waals surface area contributed by atoms with E-state index in [1.807, 2.05) is 25.2 Å². The van der Waals surface area contributed by atoms with Gasteiger partial charge in [-0.3, -0.25) is 4.99 Å². The van der Waals surface area contributed by atoms with Crippen molar-refractivity contribution in [1.29, 1.82) is 0 Å². The van der Waals surface area contributed by atoms with E-state index in [4.69, 9.17) is 14.2 Å². The molecule has 1 fully saturated rings. The molecule has 0 aliphatic carbocycles. The van der Waals surface area contributed by atoms with Crippen molar-refractivity contribution < 1.29 is 14.2 Å². The van der Waals surface area contributed by atoms with Crippen molar-refractivity contribution in [2.75, 3.05) is 60.2 Å². The number of guanidine groups is 1. The van der Waals surface area contributed by atoms with Crippen LogP contribution in [-0.4, -0.2) is 71.1 Å². The van der Waals surface area contributed by atoms with E-state index in [1.54, 1.807) is 7.11 Å². The Bertz CT molecular complexity index is 539. The third kappa shape index (κ3) is 7.87. The number of ether oxygens (including phenoxy) is 3. The second-order valence-corrected chi connectivity index (χ2v) is 6.92. The number of benzene rings is 1. The van der Waals surface area contributed by atoms with Gasteiger partial charge in [-0.1, -0.05) is 30.3 Å². The summed E-state index contributed by atoms with van der Waals surface area (Å²) in [6, 6.07) is 10.3. The van der Waals surface area contributed by atoms with Crippen LogP contribution in [0.1, 0.15) is 31.4 Å². The zero-order chi connectivity index (χ0) is 19.3. The predicted octanol–water partition coefficient (Wildman–Crippen LogP) is 2.71. The molecule has 2 rings (SSSR count). The second-order valence-electron chi connectivity index (χ2n) is 6.92. The SMILES string of the molecule is CN=C(NCCCOC(C)c1ccccc1)N1CCC(COCCOC)C1. The van der Waals surface area contributed by atoms with Crippen LogP contribution in [-0.2, 0) is 14.2 Å². The fourth-order valence-electron chi connectivity index (χ4n) is 3.24. The van der Waals surface area contributed by atoms with E-state index in [2.05, 4.69) is 34.3 Å². The molecular formula is C21H35N3O3. The van der Waals surface area contributed by atoms with Crippen LogP contribution in [0.25, 0.3) is 0 Å². The summed E-state index contributed by atoms with van der Waals surface area (Å²) < 4.78 is 16.6. The van der Waals surface area contributed by atoms with Gasteiger partial charge in [0.1, 0.15) is 0 Å². The first kappa shape index (κ1) is 21.7. The lowest BCUT2D eigenvalue weighted by Crippen LogP contribution is -2.40. The van der Waals surface area contributed by atoms with Gasteiger partial charge in [-0.25, -0.2) is 0 Å². The molecule has 6 heteroatoms. The van der Waals surface area contributed by atoms with Gasteiger partial charge in [-0.15, -0.1) is 0 Å². The number of likely N-dealkylation sites (tertiary alicyclic amines) is 1. The monoisotopic (exact) mass is 377 g/mol. The molecule has 1 heterocycles. The molecule has 27 heavy (non-hydrogen) atoms. The normalized spacial score (nSPS) is 18.7. The first-order valence-corrected chi connectivity index (χ1v) is 9.93. The number of methoxy groups -OCH3 is 1. The maximum Gasteiger partial charge on any atom is 0.193 e. The Morgan fingerprint density at radius 1 is 1.26 bits per heavy atom. The smallest absolute Gasteiger partial charge is 0.193 e. The van der Waals surface area contributed by atoms with Gasteiger partial charge in [0.2, 0.25) is 0 Å². The molecule has 0 saturated carbocycles. The third-order valence-electron chi connectivity index (χ3n) is 4.82. The highest BCUT2D eigenvalue weighted by atomic mass is 16.5. The van der Waals surface area contributed by atoms with E-state index in [1.165, 1.54) is 5.56 Å². The Kier molecular flexibility index (Phi) is 10.2. The number of rotatable bonds is 11. The van der Waals surface area contributed by atoms with Crippen molar-refractivity contribution in [3.63, 3.8) is 0 Å². The zero-order valence-corrected chi connectivity index (χ0v) is 17.0. The van der Waals surface area contributed by atoms with Crippen LogP contribution in [0.4, 0.5) is 0 Å². The minimum absolute atomic E-state index is 0.128. The zero-order valence-electron chi connectivity index (χ0n) is 17.0. The molecule has 152 valence electrons. The molecule has 0 spiro atoms. The Morgan fingerprint density at radius 2 is 2.07 bits per heavy atom. The topological polar surface area (TPSA) is 55.3 Å². The summed E-state index contributed by atoms with van der Waals surface area (Å²) >= 11 is 0. The van der Waals surface area contributed by atoms with Crippen LogP contribution in [0.3, 0.4) is 0 Å². The molecule has 2 atom stereocenters. The average Bonchev–Trinajstić information content (AvgIpc) is 3.17. The lowest BCUT2D eigenvalue weighted by molar-refractivity contribution is 0.0536. The fourth-order valence-corrected chi connectivity index (χ4v) is 3.24. The Labute approximate surface area is 163 Å². The van der Waals surface area contributed by atoms with Crippen LogP contribution in [0.5, 0.6) is 0 Å². The van der Waals surface area contributed by atoms with Gasteiger partial charge in [-0.2, -0.15) is 0 Å². The highest BCUT2D eigenvalue weighted by molar-refractivity contribution is 5.80. The lowest BCUT2D eigenvalue weighted by Gasteiger charge is -2.22. The highest BCUT2D eigenvalue weighted by Gasteiger charge is 2.24. The van der Waals surface area contributed by atoms with E-state index < -0.39 is 0 Å². The molecule has 1 N–H and O–H groups in total. The van der Waals surface area contributed by atoms with E-state index in [0.29, 0.717) is 19.1 Å². The summed E-state index contributed by atoms with van der Waals surface area (Å²) in [6.45, 7) is 7.83. The standard InChI is InChI=1S/C21H35N3O3/c1-18(20-8-5-4-6-9-20)27-13-7-11-23-21(22-2)24-12-10-19(16-24)17-26-15-14-25-3/h4-6,8-9,18-19H,7,10-17H2,1-3H3,(H,22,23). The highest BCUT2D eigenvalue weighted by Crippen LogP contribution is 2.17. The van der Waals surface area contributed by atoms with E-state index in [9.17, 15) is 0 Å². The summed E-state index contributed by atoms with van der Waals surface area (Å²) in [6.07, 6.45) is 2.22. The Balaban J connectivity index is 1.59. The summed E-state index contributed by atoms with van der Waals surface area (Å²) in [5, 5.41) is 3.46. The van der Waals surface area contributed by atoms with Gasteiger partial charge in [0, 0.05) is 46.3 Å². The number of aliphatic imine (C=N–C) groups is 1. The van der Waals surface area contributed by atoms with Gasteiger partial charge in [0.15, 0.2) is 5.96 Å². The first-order valence-electron chi connectivity index (χ1n) is 9.93. The minimum atomic E-state index is 0.128. The van der Waals surface area contributed by atoms with Crippen LogP contribution >= 0.6 is 0 Å². The van der Waals surface area contributed by atoms with Gasteiger partial charge in [-0.05, 0) is 25.3 Å². The molecule has 6 nitrogen and oxygen atoms in total. The molecule has 1 saturated heterocycles. The van der Waals surface area contributed by atoms with Crippen molar-refractivity contribution in [1.82, 2.24) is 10.2 Å². The number of nitrogens with one attached hydrogen (secondary N) is 1. The summed E-state index contributed by atoms with van der Waals surface area (Å²) in [4.78, 5) is 6.74. The Hall–Kier alpha value is -1.63. The van der Waals surface area contributed by atoms with Gasteiger partial charge in [0.25, 0.3) is 0 Å². The number of hydrogen-bond donors (Lipinski definition) is 1. The molecule has 0 aromatic heterocycles. The molecule has 1 aliphatic heterocycles.